The van der Waals surface area contributed by atoms with Crippen LogP contribution in [0.5, 0.6) is 0 Å². The summed E-state index contributed by atoms with van der Waals surface area (Å²) in [5, 5.41) is 11.2. The molecular formula is C9H15N3O. The third-order valence-corrected chi connectivity index (χ3v) is 2.31. The Labute approximate surface area is 77.7 Å². The number of aromatic nitrogens is 2. The van der Waals surface area contributed by atoms with Gasteiger partial charge in [-0.1, -0.05) is 13.8 Å². The van der Waals surface area contributed by atoms with Gasteiger partial charge in [0, 0.05) is 12.3 Å². The summed E-state index contributed by atoms with van der Waals surface area (Å²) in [6.45, 7) is 6.28. The molecule has 72 valence electrons. The molecule has 2 heterocycles. The summed E-state index contributed by atoms with van der Waals surface area (Å²) < 4.78 is 5.50. The van der Waals surface area contributed by atoms with Gasteiger partial charge in [0.25, 0.3) is 0 Å². The molecule has 1 saturated heterocycles. The Morgan fingerprint density at radius 1 is 1.46 bits per heavy atom. The molecule has 1 aromatic heterocycles. The molecule has 4 heteroatoms. The Morgan fingerprint density at radius 2 is 2.23 bits per heavy atom. The molecule has 0 saturated carbocycles. The third kappa shape index (κ3) is 1.88. The van der Waals surface area contributed by atoms with Crippen molar-refractivity contribution < 1.29 is 4.42 Å². The van der Waals surface area contributed by atoms with Crippen molar-refractivity contribution in [3.8, 4) is 0 Å². The van der Waals surface area contributed by atoms with Gasteiger partial charge in [-0.3, -0.25) is 0 Å². The van der Waals surface area contributed by atoms with Crippen LogP contribution in [-0.4, -0.2) is 23.3 Å². The van der Waals surface area contributed by atoms with Gasteiger partial charge >= 0.3 is 0 Å². The minimum Gasteiger partial charge on any atom is -0.425 e. The normalized spacial score (nSPS) is 17.8. The average Bonchev–Trinajstić information content (AvgIpc) is 2.44. The van der Waals surface area contributed by atoms with Crippen LogP contribution in [0.2, 0.25) is 0 Å². The summed E-state index contributed by atoms with van der Waals surface area (Å²) >= 11 is 0. The maximum atomic E-state index is 5.50. The molecule has 1 aliphatic heterocycles. The summed E-state index contributed by atoms with van der Waals surface area (Å²) in [7, 11) is 0. The van der Waals surface area contributed by atoms with Crippen molar-refractivity contribution in [2.75, 3.05) is 13.1 Å². The molecule has 0 amide bonds. The zero-order valence-electron chi connectivity index (χ0n) is 8.08. The van der Waals surface area contributed by atoms with Crippen LogP contribution in [-0.2, 0) is 6.42 Å². The van der Waals surface area contributed by atoms with Gasteiger partial charge in [0.05, 0.1) is 0 Å². The van der Waals surface area contributed by atoms with E-state index >= 15 is 0 Å². The van der Waals surface area contributed by atoms with Gasteiger partial charge in [0.2, 0.25) is 11.8 Å². The summed E-state index contributed by atoms with van der Waals surface area (Å²) in [5.74, 6) is 2.57. The topological polar surface area (TPSA) is 51.0 Å². The van der Waals surface area contributed by atoms with Crippen LogP contribution >= 0.6 is 0 Å². The van der Waals surface area contributed by atoms with Gasteiger partial charge in [-0.2, -0.15) is 0 Å². The second-order valence-electron chi connectivity index (χ2n) is 3.92. The highest BCUT2D eigenvalue weighted by atomic mass is 16.4. The van der Waals surface area contributed by atoms with Crippen LogP contribution < -0.4 is 5.32 Å². The van der Waals surface area contributed by atoms with E-state index in [-0.39, 0.29) is 0 Å². The number of hydrogen-bond acceptors (Lipinski definition) is 4. The van der Waals surface area contributed by atoms with Crippen molar-refractivity contribution in [1.29, 1.82) is 0 Å². The van der Waals surface area contributed by atoms with Crippen LogP contribution in [0.4, 0.5) is 0 Å². The first kappa shape index (κ1) is 8.69. The summed E-state index contributed by atoms with van der Waals surface area (Å²) in [4.78, 5) is 0. The van der Waals surface area contributed by atoms with Crippen LogP contribution in [0.25, 0.3) is 0 Å². The van der Waals surface area contributed by atoms with Crippen molar-refractivity contribution in [2.24, 2.45) is 5.92 Å². The Bertz CT molecular complexity index is 278. The van der Waals surface area contributed by atoms with E-state index in [1.807, 2.05) is 0 Å². The molecule has 0 aliphatic carbocycles. The van der Waals surface area contributed by atoms with Gasteiger partial charge in [-0.15, -0.1) is 10.2 Å². The second kappa shape index (κ2) is 3.46. The predicted molar refractivity (Wildman–Crippen MR) is 48.5 cm³/mol. The lowest BCUT2D eigenvalue weighted by Crippen LogP contribution is -2.43. The van der Waals surface area contributed by atoms with E-state index in [0.717, 1.165) is 31.3 Å². The van der Waals surface area contributed by atoms with Crippen LogP contribution in [0.1, 0.15) is 31.5 Å². The highest BCUT2D eigenvalue weighted by Crippen LogP contribution is 2.15. The van der Waals surface area contributed by atoms with Crippen LogP contribution in [0, 0.1) is 5.92 Å². The molecule has 4 nitrogen and oxygen atoms in total. The minimum absolute atomic E-state index is 0.334. The van der Waals surface area contributed by atoms with E-state index < -0.39 is 0 Å². The average molecular weight is 181 g/mol. The summed E-state index contributed by atoms with van der Waals surface area (Å²) in [6.07, 6.45) is 0.923. The Kier molecular flexibility index (Phi) is 2.31. The SMILES string of the molecule is CC(C)c1nnc(CC2CNC2)o1. The van der Waals surface area contributed by atoms with Crippen LogP contribution in [0.3, 0.4) is 0 Å². The number of nitrogens with one attached hydrogen (secondary N) is 1. The molecule has 1 fully saturated rings. The van der Waals surface area contributed by atoms with Gasteiger partial charge in [0.15, 0.2) is 0 Å². The lowest BCUT2D eigenvalue weighted by Gasteiger charge is -2.25. The van der Waals surface area contributed by atoms with Crippen molar-refractivity contribution in [3.63, 3.8) is 0 Å². The number of rotatable bonds is 3. The maximum Gasteiger partial charge on any atom is 0.219 e. The molecule has 2 rings (SSSR count). The Morgan fingerprint density at radius 3 is 2.69 bits per heavy atom. The number of hydrogen-bond donors (Lipinski definition) is 1. The quantitative estimate of drug-likeness (QED) is 0.754. The molecule has 0 unspecified atom stereocenters. The van der Waals surface area contributed by atoms with Gasteiger partial charge in [0.1, 0.15) is 0 Å². The molecule has 0 radical (unpaired) electrons. The van der Waals surface area contributed by atoms with E-state index in [4.69, 9.17) is 4.42 Å². The fourth-order valence-corrected chi connectivity index (χ4v) is 1.32. The van der Waals surface area contributed by atoms with Crippen molar-refractivity contribution in [3.05, 3.63) is 11.8 Å². The standard InChI is InChI=1S/C9H15N3O/c1-6(2)9-12-11-8(13-9)3-7-4-10-5-7/h6-7,10H,3-5H2,1-2H3. The highest BCUT2D eigenvalue weighted by Gasteiger charge is 2.20. The first-order valence-electron chi connectivity index (χ1n) is 4.78. The monoisotopic (exact) mass is 181 g/mol. The van der Waals surface area contributed by atoms with E-state index in [9.17, 15) is 0 Å². The molecule has 1 N–H and O–H groups in total. The zero-order valence-corrected chi connectivity index (χ0v) is 8.08. The first-order valence-corrected chi connectivity index (χ1v) is 4.78. The lowest BCUT2D eigenvalue weighted by atomic mass is 10.00. The molecule has 0 aromatic carbocycles. The molecule has 13 heavy (non-hydrogen) atoms. The van der Waals surface area contributed by atoms with E-state index in [2.05, 4.69) is 29.4 Å². The zero-order chi connectivity index (χ0) is 9.26. The molecule has 0 atom stereocenters. The molecule has 0 spiro atoms. The van der Waals surface area contributed by atoms with E-state index in [1.54, 1.807) is 0 Å². The lowest BCUT2D eigenvalue weighted by molar-refractivity contribution is 0.312. The first-order chi connectivity index (χ1) is 6.25. The third-order valence-electron chi connectivity index (χ3n) is 2.31. The van der Waals surface area contributed by atoms with Crippen molar-refractivity contribution in [2.45, 2.75) is 26.2 Å². The fraction of sp³-hybridized carbons (Fsp3) is 0.778. The largest absolute Gasteiger partial charge is 0.425 e. The second-order valence-corrected chi connectivity index (χ2v) is 3.92. The summed E-state index contributed by atoms with van der Waals surface area (Å²) in [6, 6.07) is 0. The van der Waals surface area contributed by atoms with Gasteiger partial charge in [-0.25, -0.2) is 0 Å². The van der Waals surface area contributed by atoms with Crippen molar-refractivity contribution in [1.82, 2.24) is 15.5 Å². The summed E-state index contributed by atoms with van der Waals surface area (Å²) in [5.41, 5.74) is 0. The molecule has 0 bridgehead atoms. The van der Waals surface area contributed by atoms with E-state index in [1.165, 1.54) is 0 Å². The minimum atomic E-state index is 0.334. The maximum absolute atomic E-state index is 5.50. The van der Waals surface area contributed by atoms with E-state index in [0.29, 0.717) is 11.8 Å². The number of nitrogens with zero attached hydrogens (tertiary/aromatic N) is 2. The predicted octanol–water partition coefficient (Wildman–Crippen LogP) is 0.955. The van der Waals surface area contributed by atoms with Gasteiger partial charge in [-0.05, 0) is 19.0 Å². The Hall–Kier alpha value is -0.900. The molecular weight excluding hydrogens is 166 g/mol. The van der Waals surface area contributed by atoms with Crippen LogP contribution in [0.15, 0.2) is 4.42 Å². The molecule has 1 aromatic rings. The molecule has 1 aliphatic rings. The van der Waals surface area contributed by atoms with Gasteiger partial charge < -0.3 is 9.73 Å². The fourth-order valence-electron chi connectivity index (χ4n) is 1.32. The smallest absolute Gasteiger partial charge is 0.219 e. The van der Waals surface area contributed by atoms with Crippen molar-refractivity contribution >= 4 is 0 Å². The highest BCUT2D eigenvalue weighted by molar-refractivity contribution is 4.90. The Balaban J connectivity index is 1.96.